The SMILES string of the molecule is CCCC1=C(Cc2ccc(Cl)cn2)C(=O)c2ccccc2C1=O. The number of ketones is 2. The van der Waals surface area contributed by atoms with Crippen molar-refractivity contribution in [1.82, 2.24) is 4.98 Å². The summed E-state index contributed by atoms with van der Waals surface area (Å²) in [6.07, 6.45) is 3.32. The van der Waals surface area contributed by atoms with Crippen molar-refractivity contribution in [1.29, 1.82) is 0 Å². The van der Waals surface area contributed by atoms with Crippen molar-refractivity contribution in [3.8, 4) is 0 Å². The van der Waals surface area contributed by atoms with Gasteiger partial charge in [0.05, 0.1) is 5.02 Å². The standard InChI is InChI=1S/C19H16ClNO2/c1-2-5-14-17(10-13-9-8-12(20)11-21-13)19(23)16-7-4-3-6-15(16)18(14)22/h3-4,6-9,11H,2,5,10H2,1H3. The van der Waals surface area contributed by atoms with Gasteiger partial charge in [-0.3, -0.25) is 14.6 Å². The van der Waals surface area contributed by atoms with Gasteiger partial charge in [-0.1, -0.05) is 49.2 Å². The molecular weight excluding hydrogens is 310 g/mol. The van der Waals surface area contributed by atoms with E-state index >= 15 is 0 Å². The maximum atomic E-state index is 12.9. The van der Waals surface area contributed by atoms with Gasteiger partial charge in [-0.15, -0.1) is 0 Å². The largest absolute Gasteiger partial charge is 0.289 e. The second-order valence-corrected chi connectivity index (χ2v) is 5.99. The zero-order valence-electron chi connectivity index (χ0n) is 12.8. The Kier molecular flexibility index (Phi) is 4.39. The van der Waals surface area contributed by atoms with Gasteiger partial charge in [-0.05, 0) is 18.6 Å². The number of fused-ring (bicyclic) bond motifs is 1. The monoisotopic (exact) mass is 325 g/mol. The molecule has 0 unspecified atom stereocenters. The van der Waals surface area contributed by atoms with Gasteiger partial charge in [0, 0.05) is 40.6 Å². The second-order valence-electron chi connectivity index (χ2n) is 5.56. The minimum absolute atomic E-state index is 0.0361. The van der Waals surface area contributed by atoms with Crippen LogP contribution >= 0.6 is 11.6 Å². The molecule has 116 valence electrons. The normalized spacial score (nSPS) is 14.2. The summed E-state index contributed by atoms with van der Waals surface area (Å²) in [6, 6.07) is 10.5. The predicted molar refractivity (Wildman–Crippen MR) is 90.0 cm³/mol. The lowest BCUT2D eigenvalue weighted by atomic mass is 9.81. The van der Waals surface area contributed by atoms with Crippen LogP contribution in [0.5, 0.6) is 0 Å². The number of halogens is 1. The summed E-state index contributed by atoms with van der Waals surface area (Å²) in [5.74, 6) is -0.105. The molecule has 1 heterocycles. The minimum atomic E-state index is -0.0691. The van der Waals surface area contributed by atoms with Crippen LogP contribution in [0.4, 0.5) is 0 Å². The van der Waals surface area contributed by atoms with Crippen molar-refractivity contribution in [2.45, 2.75) is 26.2 Å². The fraction of sp³-hybridized carbons (Fsp3) is 0.211. The molecule has 0 fully saturated rings. The molecule has 0 N–H and O–H groups in total. The van der Waals surface area contributed by atoms with Gasteiger partial charge in [-0.25, -0.2) is 0 Å². The number of pyridine rings is 1. The van der Waals surface area contributed by atoms with Crippen LogP contribution in [-0.2, 0) is 6.42 Å². The average Bonchev–Trinajstić information content (AvgIpc) is 2.57. The van der Waals surface area contributed by atoms with E-state index in [1.165, 1.54) is 0 Å². The lowest BCUT2D eigenvalue weighted by Crippen LogP contribution is -2.23. The Labute approximate surface area is 140 Å². The van der Waals surface area contributed by atoms with E-state index in [-0.39, 0.29) is 11.6 Å². The van der Waals surface area contributed by atoms with Gasteiger partial charge < -0.3 is 0 Å². The molecule has 0 bridgehead atoms. The molecule has 0 aliphatic heterocycles. The first kappa shape index (κ1) is 15.6. The number of carbonyl (C=O) groups is 2. The van der Waals surface area contributed by atoms with E-state index in [2.05, 4.69) is 4.98 Å². The Bertz CT molecular complexity index is 806. The van der Waals surface area contributed by atoms with E-state index in [1.807, 2.05) is 6.92 Å². The van der Waals surface area contributed by atoms with Gasteiger partial charge >= 0.3 is 0 Å². The molecule has 1 aliphatic carbocycles. The van der Waals surface area contributed by atoms with Crippen LogP contribution in [-0.4, -0.2) is 16.6 Å². The maximum Gasteiger partial charge on any atom is 0.190 e. The van der Waals surface area contributed by atoms with E-state index < -0.39 is 0 Å². The van der Waals surface area contributed by atoms with Crippen molar-refractivity contribution < 1.29 is 9.59 Å². The van der Waals surface area contributed by atoms with Gasteiger partial charge in [0.25, 0.3) is 0 Å². The van der Waals surface area contributed by atoms with Crippen molar-refractivity contribution in [2.75, 3.05) is 0 Å². The van der Waals surface area contributed by atoms with Crippen molar-refractivity contribution >= 4 is 23.2 Å². The number of rotatable bonds is 4. The maximum absolute atomic E-state index is 12.9. The van der Waals surface area contributed by atoms with E-state index in [9.17, 15) is 9.59 Å². The first-order valence-corrected chi connectivity index (χ1v) is 8.00. The highest BCUT2D eigenvalue weighted by Crippen LogP contribution is 2.30. The predicted octanol–water partition coefficient (Wildman–Crippen LogP) is 4.45. The van der Waals surface area contributed by atoms with E-state index in [4.69, 9.17) is 11.6 Å². The molecule has 4 heteroatoms. The number of aromatic nitrogens is 1. The Morgan fingerprint density at radius 1 is 0.957 bits per heavy atom. The quantitative estimate of drug-likeness (QED) is 0.834. The molecule has 23 heavy (non-hydrogen) atoms. The number of carbonyl (C=O) groups excluding carboxylic acids is 2. The number of allylic oxidation sites excluding steroid dienone is 2. The molecule has 3 nitrogen and oxygen atoms in total. The van der Waals surface area contributed by atoms with Gasteiger partial charge in [0.15, 0.2) is 11.6 Å². The molecule has 0 amide bonds. The van der Waals surface area contributed by atoms with Crippen LogP contribution in [0.25, 0.3) is 0 Å². The molecule has 1 aliphatic rings. The van der Waals surface area contributed by atoms with Gasteiger partial charge in [0.1, 0.15) is 0 Å². The minimum Gasteiger partial charge on any atom is -0.289 e. The molecule has 1 aromatic heterocycles. The third-order valence-corrected chi connectivity index (χ3v) is 4.20. The Hall–Kier alpha value is -2.26. The second kappa shape index (κ2) is 6.47. The highest BCUT2D eigenvalue weighted by atomic mass is 35.5. The topological polar surface area (TPSA) is 47.0 Å². The lowest BCUT2D eigenvalue weighted by molar-refractivity contribution is 0.0969. The fourth-order valence-corrected chi connectivity index (χ4v) is 2.98. The molecular formula is C19H16ClNO2. The molecule has 0 saturated carbocycles. The molecule has 2 aromatic rings. The van der Waals surface area contributed by atoms with Crippen molar-refractivity contribution in [3.63, 3.8) is 0 Å². The zero-order chi connectivity index (χ0) is 16.4. The number of Topliss-reactive ketones (excluding diaryl/α,β-unsaturated/α-hetero) is 2. The van der Waals surface area contributed by atoms with Gasteiger partial charge in [0.2, 0.25) is 0 Å². The summed E-state index contributed by atoms with van der Waals surface area (Å²) >= 11 is 5.86. The fourth-order valence-electron chi connectivity index (χ4n) is 2.87. The smallest absolute Gasteiger partial charge is 0.190 e. The third-order valence-electron chi connectivity index (χ3n) is 3.98. The van der Waals surface area contributed by atoms with Crippen LogP contribution in [0.2, 0.25) is 5.02 Å². The lowest BCUT2D eigenvalue weighted by Gasteiger charge is -2.20. The first-order chi connectivity index (χ1) is 11.1. The molecule has 0 spiro atoms. The Balaban J connectivity index is 2.06. The summed E-state index contributed by atoms with van der Waals surface area (Å²) in [5.41, 5.74) is 2.91. The summed E-state index contributed by atoms with van der Waals surface area (Å²) in [5, 5.41) is 0.549. The zero-order valence-corrected chi connectivity index (χ0v) is 13.6. The van der Waals surface area contributed by atoms with Crippen LogP contribution in [0, 0.1) is 0 Å². The summed E-state index contributed by atoms with van der Waals surface area (Å²) in [7, 11) is 0. The molecule has 0 saturated heterocycles. The molecule has 0 radical (unpaired) electrons. The summed E-state index contributed by atoms with van der Waals surface area (Å²) < 4.78 is 0. The van der Waals surface area contributed by atoms with E-state index in [0.29, 0.717) is 40.1 Å². The highest BCUT2D eigenvalue weighted by Gasteiger charge is 2.31. The number of hydrogen-bond acceptors (Lipinski definition) is 3. The summed E-state index contributed by atoms with van der Waals surface area (Å²) in [6.45, 7) is 2.00. The number of benzene rings is 1. The van der Waals surface area contributed by atoms with E-state index in [1.54, 1.807) is 42.6 Å². The first-order valence-electron chi connectivity index (χ1n) is 7.62. The molecule has 1 aromatic carbocycles. The highest BCUT2D eigenvalue weighted by molar-refractivity contribution is 6.30. The average molecular weight is 326 g/mol. The van der Waals surface area contributed by atoms with E-state index in [0.717, 1.165) is 12.1 Å². The van der Waals surface area contributed by atoms with Crippen LogP contribution < -0.4 is 0 Å². The summed E-state index contributed by atoms with van der Waals surface area (Å²) in [4.78, 5) is 29.9. The van der Waals surface area contributed by atoms with Crippen LogP contribution in [0.1, 0.15) is 46.2 Å². The number of hydrogen-bond donors (Lipinski definition) is 0. The van der Waals surface area contributed by atoms with Gasteiger partial charge in [-0.2, -0.15) is 0 Å². The Morgan fingerprint density at radius 3 is 2.17 bits per heavy atom. The molecule has 3 rings (SSSR count). The third kappa shape index (κ3) is 2.97. The number of nitrogens with zero attached hydrogens (tertiary/aromatic N) is 1. The van der Waals surface area contributed by atoms with Crippen LogP contribution in [0.15, 0.2) is 53.7 Å². The van der Waals surface area contributed by atoms with Crippen LogP contribution in [0.3, 0.4) is 0 Å². The molecule has 0 atom stereocenters. The Morgan fingerprint density at radius 2 is 1.61 bits per heavy atom. The van der Waals surface area contributed by atoms with Crippen molar-refractivity contribution in [2.24, 2.45) is 0 Å². The van der Waals surface area contributed by atoms with Crippen molar-refractivity contribution in [3.05, 3.63) is 75.6 Å².